The Bertz CT molecular complexity index is 1130. The zero-order chi connectivity index (χ0) is 29.6. The largest absolute Gasteiger partial charge is 0.447 e. The minimum atomic E-state index is -0.599. The summed E-state index contributed by atoms with van der Waals surface area (Å²) in [6.07, 6.45) is 8.21. The molecule has 0 unspecified atom stereocenters. The number of likely N-dealkylation sites (tertiary alicyclic amines) is 2. The maximum atomic E-state index is 15.1. The molecule has 6 nitrogen and oxygen atoms in total. The fourth-order valence-electron chi connectivity index (χ4n) is 8.03. The first kappa shape index (κ1) is 33.0. The van der Waals surface area contributed by atoms with Gasteiger partial charge in [-0.2, -0.15) is 0 Å². The molecular weight excluding hydrogens is 560 g/mol. The summed E-state index contributed by atoms with van der Waals surface area (Å²) in [6, 6.07) is 3.78. The maximum absolute atomic E-state index is 15.1. The number of hydrogen-bond acceptors (Lipinski definition) is 4. The van der Waals surface area contributed by atoms with Gasteiger partial charge < -0.3 is 9.64 Å². The van der Waals surface area contributed by atoms with E-state index in [9.17, 15) is 14.0 Å². The van der Waals surface area contributed by atoms with Crippen molar-refractivity contribution in [2.75, 3.05) is 39.3 Å². The SMILES string of the molecule is CC(C)(C)N1CC[C@H](C(=O)N2CCC(CN3C(=O)OCC3(C)C)(C3CCCCC3)CC2)[C@@H](c2ccc(F)cc2F)C1.Cl. The van der Waals surface area contributed by atoms with E-state index in [1.807, 2.05) is 9.80 Å². The molecule has 0 radical (unpaired) electrons. The summed E-state index contributed by atoms with van der Waals surface area (Å²) in [6.45, 7) is 14.3. The van der Waals surface area contributed by atoms with Gasteiger partial charge in [0.15, 0.2) is 0 Å². The third kappa shape index (κ3) is 6.59. The molecule has 1 aliphatic carbocycles. The van der Waals surface area contributed by atoms with Crippen LogP contribution < -0.4 is 0 Å². The van der Waals surface area contributed by atoms with Crippen LogP contribution in [0.4, 0.5) is 13.6 Å². The molecule has 2 amide bonds. The minimum Gasteiger partial charge on any atom is -0.447 e. The molecule has 3 aliphatic heterocycles. The number of rotatable bonds is 5. The van der Waals surface area contributed by atoms with Gasteiger partial charge in [-0.05, 0) is 96.2 Å². The second kappa shape index (κ2) is 12.6. The number of carbonyl (C=O) groups is 2. The molecule has 4 aliphatic rings. The van der Waals surface area contributed by atoms with Gasteiger partial charge >= 0.3 is 6.09 Å². The van der Waals surface area contributed by atoms with Crippen molar-refractivity contribution in [3.05, 3.63) is 35.4 Å². The van der Waals surface area contributed by atoms with E-state index in [1.165, 1.54) is 44.2 Å². The molecule has 0 spiro atoms. The summed E-state index contributed by atoms with van der Waals surface area (Å²) >= 11 is 0. The highest BCUT2D eigenvalue weighted by Gasteiger charge is 2.50. The van der Waals surface area contributed by atoms with Crippen LogP contribution in [0.25, 0.3) is 0 Å². The summed E-state index contributed by atoms with van der Waals surface area (Å²) in [5.41, 5.74) is -0.0467. The van der Waals surface area contributed by atoms with Crippen LogP contribution >= 0.6 is 12.4 Å². The van der Waals surface area contributed by atoms with Crippen molar-refractivity contribution in [3.63, 3.8) is 0 Å². The molecule has 0 N–H and O–H groups in total. The molecule has 42 heavy (non-hydrogen) atoms. The van der Waals surface area contributed by atoms with Crippen LogP contribution in [0.2, 0.25) is 0 Å². The Balaban J connectivity index is 0.00000405. The molecule has 9 heteroatoms. The molecule has 1 aromatic rings. The highest BCUT2D eigenvalue weighted by atomic mass is 35.5. The third-order valence-corrected chi connectivity index (χ3v) is 10.8. The Morgan fingerprint density at radius 3 is 2.26 bits per heavy atom. The van der Waals surface area contributed by atoms with Gasteiger partial charge in [0.2, 0.25) is 5.91 Å². The van der Waals surface area contributed by atoms with Crippen molar-refractivity contribution in [2.24, 2.45) is 17.3 Å². The Kier molecular flexibility index (Phi) is 9.88. The highest BCUT2D eigenvalue weighted by Crippen LogP contribution is 2.48. The number of halogens is 3. The van der Waals surface area contributed by atoms with Gasteiger partial charge in [-0.15, -0.1) is 12.4 Å². The van der Waals surface area contributed by atoms with E-state index >= 15 is 4.39 Å². The summed E-state index contributed by atoms with van der Waals surface area (Å²) in [5, 5.41) is 0. The lowest BCUT2D eigenvalue weighted by atomic mass is 9.63. The van der Waals surface area contributed by atoms with E-state index in [4.69, 9.17) is 4.74 Å². The summed E-state index contributed by atoms with van der Waals surface area (Å²) in [4.78, 5) is 33.2. The van der Waals surface area contributed by atoms with E-state index < -0.39 is 11.6 Å². The zero-order valence-electron chi connectivity index (χ0n) is 26.1. The molecule has 0 aromatic heterocycles. The summed E-state index contributed by atoms with van der Waals surface area (Å²) in [5.74, 6) is -1.22. The molecule has 2 atom stereocenters. The number of piperidine rings is 2. The van der Waals surface area contributed by atoms with E-state index in [-0.39, 0.29) is 52.7 Å². The summed E-state index contributed by atoms with van der Waals surface area (Å²) in [7, 11) is 0. The first-order chi connectivity index (χ1) is 19.3. The van der Waals surface area contributed by atoms with Gasteiger partial charge in [0.1, 0.15) is 18.2 Å². The molecule has 236 valence electrons. The average Bonchev–Trinajstić information content (AvgIpc) is 3.19. The van der Waals surface area contributed by atoms with Crippen LogP contribution in [0, 0.1) is 28.9 Å². The number of amides is 2. The number of nitrogens with zero attached hydrogens (tertiary/aromatic N) is 3. The molecule has 0 bridgehead atoms. The summed E-state index contributed by atoms with van der Waals surface area (Å²) < 4.78 is 34.4. The van der Waals surface area contributed by atoms with E-state index in [1.54, 1.807) is 0 Å². The lowest BCUT2D eigenvalue weighted by molar-refractivity contribution is -0.142. The van der Waals surface area contributed by atoms with Crippen LogP contribution in [-0.4, -0.2) is 77.1 Å². The standard InChI is InChI=1S/C33H49F2N3O3.ClH/c1-31(2,3)37-16-13-26(27(20-37)25-12-11-24(34)19-28(25)35)29(39)36-17-14-33(15-18-36,23-9-7-6-8-10-23)21-38-30(40)41-22-32(38,4)5;/h11-12,19,23,26-27H,6-10,13-18,20-22H2,1-5H3;1H/t26-,27+;/m0./s1. The monoisotopic (exact) mass is 609 g/mol. The van der Waals surface area contributed by atoms with Crippen LogP contribution in [0.15, 0.2) is 18.2 Å². The maximum Gasteiger partial charge on any atom is 0.410 e. The number of benzene rings is 1. The lowest BCUT2D eigenvalue weighted by Crippen LogP contribution is -2.57. The highest BCUT2D eigenvalue weighted by molar-refractivity contribution is 5.85. The van der Waals surface area contributed by atoms with Gasteiger partial charge in [0, 0.05) is 49.6 Å². The average molecular weight is 610 g/mol. The normalized spacial score (nSPS) is 27.0. The molecule has 1 aromatic carbocycles. The van der Waals surface area contributed by atoms with E-state index in [0.717, 1.165) is 25.5 Å². The molecule has 4 fully saturated rings. The molecule has 3 saturated heterocycles. The van der Waals surface area contributed by atoms with Crippen LogP contribution in [0.1, 0.15) is 97.5 Å². The second-order valence-corrected chi connectivity index (χ2v) is 14.8. The van der Waals surface area contributed by atoms with E-state index in [0.29, 0.717) is 50.7 Å². The Morgan fingerprint density at radius 2 is 1.69 bits per heavy atom. The van der Waals surface area contributed by atoms with Crippen molar-refractivity contribution in [1.29, 1.82) is 0 Å². The number of hydrogen-bond donors (Lipinski definition) is 0. The third-order valence-electron chi connectivity index (χ3n) is 10.8. The number of cyclic esters (lactones) is 1. The Hall–Kier alpha value is -1.93. The van der Waals surface area contributed by atoms with Crippen molar-refractivity contribution in [1.82, 2.24) is 14.7 Å². The second-order valence-electron chi connectivity index (χ2n) is 14.8. The molecule has 1 saturated carbocycles. The quantitative estimate of drug-likeness (QED) is 0.360. The van der Waals surface area contributed by atoms with Crippen LogP contribution in [-0.2, 0) is 9.53 Å². The Morgan fingerprint density at radius 1 is 1.02 bits per heavy atom. The molecule has 5 rings (SSSR count). The van der Waals surface area contributed by atoms with Gasteiger partial charge in [-0.25, -0.2) is 13.6 Å². The van der Waals surface area contributed by atoms with Crippen molar-refractivity contribution in [3.8, 4) is 0 Å². The fourth-order valence-corrected chi connectivity index (χ4v) is 8.03. The predicted octanol–water partition coefficient (Wildman–Crippen LogP) is 7.01. The topological polar surface area (TPSA) is 53.1 Å². The van der Waals surface area contributed by atoms with Crippen LogP contribution in [0.5, 0.6) is 0 Å². The van der Waals surface area contributed by atoms with Crippen LogP contribution in [0.3, 0.4) is 0 Å². The van der Waals surface area contributed by atoms with Crippen molar-refractivity contribution in [2.45, 2.75) is 103 Å². The lowest BCUT2D eigenvalue weighted by Gasteiger charge is -2.51. The molecular formula is C33H50ClF2N3O3. The van der Waals surface area contributed by atoms with E-state index in [2.05, 4.69) is 39.5 Å². The number of ether oxygens (including phenoxy) is 1. The molecule has 3 heterocycles. The predicted molar refractivity (Wildman–Crippen MR) is 163 cm³/mol. The van der Waals surface area contributed by atoms with Gasteiger partial charge in [0.25, 0.3) is 0 Å². The van der Waals surface area contributed by atoms with Crippen molar-refractivity contribution < 1.29 is 23.1 Å². The van der Waals surface area contributed by atoms with Gasteiger partial charge in [-0.1, -0.05) is 25.3 Å². The van der Waals surface area contributed by atoms with Gasteiger partial charge in [0.05, 0.1) is 5.54 Å². The zero-order valence-corrected chi connectivity index (χ0v) is 26.9. The number of carbonyl (C=O) groups excluding carboxylic acids is 2. The Labute approximate surface area is 256 Å². The fraction of sp³-hybridized carbons (Fsp3) is 0.758. The first-order valence-electron chi connectivity index (χ1n) is 15.7. The van der Waals surface area contributed by atoms with Gasteiger partial charge in [-0.3, -0.25) is 14.6 Å². The van der Waals surface area contributed by atoms with Crippen molar-refractivity contribution >= 4 is 24.4 Å². The smallest absolute Gasteiger partial charge is 0.410 e. The minimum absolute atomic E-state index is 0. The first-order valence-corrected chi connectivity index (χ1v) is 15.7.